The summed E-state index contributed by atoms with van der Waals surface area (Å²) < 4.78 is 11.2. The maximum Gasteiger partial charge on any atom is 0.303 e. The van der Waals surface area contributed by atoms with Crippen LogP contribution in [0.4, 0.5) is 0 Å². The number of amides is 1. The number of carboxylic acid groups (broad SMARTS) is 1. The van der Waals surface area contributed by atoms with Crippen LogP contribution in [-0.4, -0.2) is 30.2 Å². The molecule has 0 fully saturated rings. The lowest BCUT2D eigenvalue weighted by atomic mass is 10.1. The average molecular weight is 279 g/mol. The second kappa shape index (κ2) is 6.79. The second-order valence-corrected chi connectivity index (χ2v) is 4.47. The number of benzene rings is 1. The summed E-state index contributed by atoms with van der Waals surface area (Å²) in [6, 6.07) is 5.52. The molecule has 0 aliphatic carbocycles. The molecule has 0 radical (unpaired) electrons. The van der Waals surface area contributed by atoms with Crippen molar-refractivity contribution < 1.29 is 24.2 Å². The van der Waals surface area contributed by atoms with Gasteiger partial charge in [0.15, 0.2) is 11.5 Å². The van der Waals surface area contributed by atoms with Crippen LogP contribution in [0.25, 0.3) is 0 Å². The van der Waals surface area contributed by atoms with Gasteiger partial charge >= 0.3 is 5.97 Å². The molecule has 6 heteroatoms. The number of rotatable bonds is 5. The lowest BCUT2D eigenvalue weighted by Gasteiger charge is -2.12. The van der Waals surface area contributed by atoms with Crippen LogP contribution in [0.2, 0.25) is 0 Å². The number of hydrogen-bond donors (Lipinski definition) is 2. The summed E-state index contributed by atoms with van der Waals surface area (Å²) in [5.74, 6) is 0.0633. The minimum atomic E-state index is -0.981. The summed E-state index contributed by atoms with van der Waals surface area (Å²) in [5, 5.41) is 11.2. The van der Waals surface area contributed by atoms with Crippen molar-refractivity contribution >= 4 is 11.9 Å². The van der Waals surface area contributed by atoms with E-state index >= 15 is 0 Å². The molecule has 0 aromatic heterocycles. The zero-order chi connectivity index (χ0) is 14.4. The Hall–Kier alpha value is -2.24. The van der Waals surface area contributed by atoms with Crippen LogP contribution in [0.5, 0.6) is 11.5 Å². The zero-order valence-corrected chi connectivity index (χ0v) is 11.1. The zero-order valence-electron chi connectivity index (χ0n) is 11.1. The standard InChI is InChI=1S/C14H17NO5/c16-12(5-6-13(17)18)15-9-10-3-1-4-11-14(10)20-8-2-7-19-11/h1,3-4H,2,5-9H2,(H,15,16)(H,17,18). The van der Waals surface area contributed by atoms with E-state index in [0.717, 1.165) is 12.0 Å². The van der Waals surface area contributed by atoms with Crippen LogP contribution < -0.4 is 14.8 Å². The van der Waals surface area contributed by atoms with Gasteiger partial charge in [0.2, 0.25) is 5.91 Å². The van der Waals surface area contributed by atoms with Crippen LogP contribution >= 0.6 is 0 Å². The number of carboxylic acids is 1. The largest absolute Gasteiger partial charge is 0.490 e. The first-order valence-corrected chi connectivity index (χ1v) is 6.53. The number of carbonyl (C=O) groups is 2. The normalized spacial score (nSPS) is 13.4. The summed E-state index contributed by atoms with van der Waals surface area (Å²) >= 11 is 0. The van der Waals surface area contributed by atoms with Crippen molar-refractivity contribution in [2.24, 2.45) is 0 Å². The summed E-state index contributed by atoms with van der Waals surface area (Å²) in [7, 11) is 0. The molecule has 2 rings (SSSR count). The summed E-state index contributed by atoms with van der Waals surface area (Å²) in [4.78, 5) is 21.9. The summed E-state index contributed by atoms with van der Waals surface area (Å²) in [6.07, 6.45) is 0.624. The van der Waals surface area contributed by atoms with Crippen molar-refractivity contribution in [3.8, 4) is 11.5 Å². The van der Waals surface area contributed by atoms with Gasteiger partial charge in [-0.15, -0.1) is 0 Å². The average Bonchev–Trinajstić information content (AvgIpc) is 2.68. The molecule has 1 heterocycles. The van der Waals surface area contributed by atoms with Gasteiger partial charge in [0.05, 0.1) is 19.6 Å². The minimum Gasteiger partial charge on any atom is -0.490 e. The van der Waals surface area contributed by atoms with Gasteiger partial charge in [-0.25, -0.2) is 0 Å². The SMILES string of the molecule is O=C(O)CCC(=O)NCc1cccc2c1OCCCO2. The molecule has 1 aliphatic heterocycles. The van der Waals surface area contributed by atoms with Gasteiger partial charge in [-0.2, -0.15) is 0 Å². The Labute approximate surface area is 116 Å². The Bertz CT molecular complexity index is 500. The van der Waals surface area contributed by atoms with Crippen LogP contribution in [0, 0.1) is 0 Å². The molecule has 0 bridgehead atoms. The molecule has 20 heavy (non-hydrogen) atoms. The van der Waals surface area contributed by atoms with E-state index in [2.05, 4.69) is 5.32 Å². The van der Waals surface area contributed by atoms with E-state index in [4.69, 9.17) is 14.6 Å². The van der Waals surface area contributed by atoms with E-state index in [1.807, 2.05) is 18.2 Å². The van der Waals surface area contributed by atoms with Gasteiger partial charge in [-0.1, -0.05) is 12.1 Å². The van der Waals surface area contributed by atoms with Crippen molar-refractivity contribution in [2.75, 3.05) is 13.2 Å². The number of hydrogen-bond acceptors (Lipinski definition) is 4. The van der Waals surface area contributed by atoms with Crippen LogP contribution in [-0.2, 0) is 16.1 Å². The fraction of sp³-hybridized carbons (Fsp3) is 0.429. The van der Waals surface area contributed by atoms with Gasteiger partial charge in [0.25, 0.3) is 0 Å². The van der Waals surface area contributed by atoms with Crippen LogP contribution in [0.3, 0.4) is 0 Å². The molecule has 0 unspecified atom stereocenters. The van der Waals surface area contributed by atoms with E-state index in [1.165, 1.54) is 0 Å². The van der Waals surface area contributed by atoms with Gasteiger partial charge in [-0.3, -0.25) is 9.59 Å². The topological polar surface area (TPSA) is 84.9 Å². The number of para-hydroxylation sites is 1. The second-order valence-electron chi connectivity index (χ2n) is 4.47. The highest BCUT2D eigenvalue weighted by molar-refractivity contribution is 5.80. The fourth-order valence-electron chi connectivity index (χ4n) is 1.90. The highest BCUT2D eigenvalue weighted by Crippen LogP contribution is 2.33. The number of aliphatic carboxylic acids is 1. The molecule has 0 saturated heterocycles. The minimum absolute atomic E-state index is 0.0261. The van der Waals surface area contributed by atoms with E-state index in [9.17, 15) is 9.59 Å². The molecule has 6 nitrogen and oxygen atoms in total. The maximum absolute atomic E-state index is 11.5. The van der Waals surface area contributed by atoms with Crippen molar-refractivity contribution in [1.29, 1.82) is 0 Å². The van der Waals surface area contributed by atoms with E-state index in [0.29, 0.717) is 31.3 Å². The quantitative estimate of drug-likeness (QED) is 0.849. The first kappa shape index (κ1) is 14.2. The number of fused-ring (bicyclic) bond motifs is 1. The molecule has 2 N–H and O–H groups in total. The highest BCUT2D eigenvalue weighted by atomic mass is 16.5. The third-order valence-corrected chi connectivity index (χ3v) is 2.90. The highest BCUT2D eigenvalue weighted by Gasteiger charge is 2.15. The van der Waals surface area contributed by atoms with Crippen molar-refractivity contribution in [3.63, 3.8) is 0 Å². The fourth-order valence-corrected chi connectivity index (χ4v) is 1.90. The lowest BCUT2D eigenvalue weighted by Crippen LogP contribution is -2.23. The third kappa shape index (κ3) is 3.88. The molecule has 108 valence electrons. The first-order valence-electron chi connectivity index (χ1n) is 6.53. The number of nitrogens with one attached hydrogen (secondary N) is 1. The molecule has 1 aromatic rings. The molecular formula is C14H17NO5. The van der Waals surface area contributed by atoms with E-state index in [1.54, 1.807) is 0 Å². The Morgan fingerprint density at radius 2 is 2.00 bits per heavy atom. The summed E-state index contributed by atoms with van der Waals surface area (Å²) in [6.45, 7) is 1.49. The Morgan fingerprint density at radius 1 is 1.20 bits per heavy atom. The molecule has 1 amide bonds. The molecule has 0 atom stereocenters. The Kier molecular flexibility index (Phi) is 4.81. The van der Waals surface area contributed by atoms with Crippen molar-refractivity contribution in [1.82, 2.24) is 5.32 Å². The first-order chi connectivity index (χ1) is 9.66. The number of carbonyl (C=O) groups excluding carboxylic acids is 1. The van der Waals surface area contributed by atoms with Gasteiger partial charge in [0.1, 0.15) is 0 Å². The lowest BCUT2D eigenvalue weighted by molar-refractivity contribution is -0.138. The van der Waals surface area contributed by atoms with Crippen LogP contribution in [0.15, 0.2) is 18.2 Å². The number of ether oxygens (including phenoxy) is 2. The van der Waals surface area contributed by atoms with Gasteiger partial charge in [-0.05, 0) is 6.07 Å². The molecule has 1 aromatic carbocycles. The van der Waals surface area contributed by atoms with Gasteiger partial charge < -0.3 is 19.9 Å². The maximum atomic E-state index is 11.5. The smallest absolute Gasteiger partial charge is 0.303 e. The van der Waals surface area contributed by atoms with Crippen molar-refractivity contribution in [2.45, 2.75) is 25.8 Å². The predicted molar refractivity (Wildman–Crippen MR) is 70.8 cm³/mol. The van der Waals surface area contributed by atoms with E-state index in [-0.39, 0.29) is 18.7 Å². The monoisotopic (exact) mass is 279 g/mol. The molecule has 0 saturated carbocycles. The Balaban J connectivity index is 1.96. The predicted octanol–water partition coefficient (Wildman–Crippen LogP) is 1.33. The molecular weight excluding hydrogens is 262 g/mol. The van der Waals surface area contributed by atoms with Gasteiger partial charge in [0, 0.05) is 24.9 Å². The Morgan fingerprint density at radius 3 is 2.80 bits per heavy atom. The van der Waals surface area contributed by atoms with E-state index < -0.39 is 5.97 Å². The summed E-state index contributed by atoms with van der Waals surface area (Å²) in [5.41, 5.74) is 0.827. The third-order valence-electron chi connectivity index (χ3n) is 2.90. The molecule has 1 aliphatic rings. The molecule has 0 spiro atoms. The van der Waals surface area contributed by atoms with Crippen LogP contribution in [0.1, 0.15) is 24.8 Å². The van der Waals surface area contributed by atoms with Crippen molar-refractivity contribution in [3.05, 3.63) is 23.8 Å².